The molecule has 0 saturated heterocycles. The first kappa shape index (κ1) is 19.4. The lowest BCUT2D eigenvalue weighted by atomic mass is 10.1. The van der Waals surface area contributed by atoms with Crippen molar-refractivity contribution >= 4 is 0 Å². The van der Waals surface area contributed by atoms with E-state index in [4.69, 9.17) is 4.74 Å². The van der Waals surface area contributed by atoms with Crippen LogP contribution in [0.15, 0.2) is 94.5 Å². The van der Waals surface area contributed by atoms with Gasteiger partial charge in [-0.2, -0.15) is 5.10 Å². The van der Waals surface area contributed by atoms with Gasteiger partial charge in [0.25, 0.3) is 5.56 Å². The van der Waals surface area contributed by atoms with Crippen LogP contribution in [0.25, 0.3) is 11.3 Å². The maximum atomic E-state index is 13.2. The summed E-state index contributed by atoms with van der Waals surface area (Å²) < 4.78 is 7.79. The summed E-state index contributed by atoms with van der Waals surface area (Å²) in [5, 5.41) is 4.43. The van der Waals surface area contributed by atoms with E-state index in [0.29, 0.717) is 11.3 Å². The van der Waals surface area contributed by atoms with Gasteiger partial charge in [-0.3, -0.25) is 9.36 Å². The van der Waals surface area contributed by atoms with Gasteiger partial charge < -0.3 is 4.74 Å². The second-order valence-corrected chi connectivity index (χ2v) is 6.88. The fraction of sp³-hybridized carbons (Fsp3) is 0.125. The lowest BCUT2D eigenvalue weighted by Gasteiger charge is -2.13. The molecule has 0 bridgehead atoms. The van der Waals surface area contributed by atoms with Crippen molar-refractivity contribution in [2.75, 3.05) is 7.11 Å². The zero-order valence-electron chi connectivity index (χ0n) is 16.6. The molecular weight excluding hydrogens is 378 g/mol. The number of methoxy groups -OCH3 is 1. The van der Waals surface area contributed by atoms with Gasteiger partial charge in [0.05, 0.1) is 20.2 Å². The van der Waals surface area contributed by atoms with Gasteiger partial charge in [0, 0.05) is 5.56 Å². The van der Waals surface area contributed by atoms with Crippen molar-refractivity contribution in [2.45, 2.75) is 13.1 Å². The Hall–Kier alpha value is -3.93. The van der Waals surface area contributed by atoms with Gasteiger partial charge >= 0.3 is 5.69 Å². The van der Waals surface area contributed by atoms with Gasteiger partial charge in [0.1, 0.15) is 5.75 Å². The molecule has 4 rings (SSSR count). The fourth-order valence-corrected chi connectivity index (χ4v) is 3.26. The average molecular weight is 399 g/mol. The third-order valence-electron chi connectivity index (χ3n) is 4.84. The summed E-state index contributed by atoms with van der Waals surface area (Å²) in [6, 6.07) is 26.1. The van der Waals surface area contributed by atoms with Crippen LogP contribution in [0.3, 0.4) is 0 Å². The second-order valence-electron chi connectivity index (χ2n) is 6.88. The SMILES string of the molecule is COc1ccc(-c2nn(Cc3ccccc3)c(=O)n(Cc3ccccc3)c2=O)cc1. The van der Waals surface area contributed by atoms with Gasteiger partial charge in [-0.05, 0) is 35.4 Å². The molecule has 0 aliphatic carbocycles. The quantitative estimate of drug-likeness (QED) is 0.500. The van der Waals surface area contributed by atoms with Crippen LogP contribution in [0, 0.1) is 0 Å². The molecule has 1 heterocycles. The number of hydrogen-bond donors (Lipinski definition) is 0. The van der Waals surface area contributed by atoms with E-state index in [0.717, 1.165) is 11.1 Å². The first-order valence-electron chi connectivity index (χ1n) is 9.60. The molecule has 0 aliphatic heterocycles. The summed E-state index contributed by atoms with van der Waals surface area (Å²) in [5.41, 5.74) is 1.80. The first-order chi connectivity index (χ1) is 14.7. The van der Waals surface area contributed by atoms with Crippen LogP contribution in [0.1, 0.15) is 11.1 Å². The van der Waals surface area contributed by atoms with Crippen LogP contribution in [0.2, 0.25) is 0 Å². The van der Waals surface area contributed by atoms with Gasteiger partial charge in [-0.1, -0.05) is 60.7 Å². The van der Waals surface area contributed by atoms with Crippen molar-refractivity contribution in [3.8, 4) is 17.0 Å². The highest BCUT2D eigenvalue weighted by molar-refractivity contribution is 5.58. The molecule has 0 fully saturated rings. The van der Waals surface area contributed by atoms with E-state index >= 15 is 0 Å². The Morgan fingerprint density at radius 2 is 1.33 bits per heavy atom. The monoisotopic (exact) mass is 399 g/mol. The molecule has 0 saturated carbocycles. The summed E-state index contributed by atoms with van der Waals surface area (Å²) in [7, 11) is 1.58. The number of aromatic nitrogens is 3. The van der Waals surface area contributed by atoms with Crippen LogP contribution >= 0.6 is 0 Å². The molecule has 0 unspecified atom stereocenters. The molecule has 0 spiro atoms. The Kier molecular flexibility index (Phi) is 5.57. The number of rotatable bonds is 6. The Morgan fingerprint density at radius 3 is 1.90 bits per heavy atom. The third kappa shape index (κ3) is 4.07. The molecule has 4 aromatic rings. The van der Waals surface area contributed by atoms with E-state index < -0.39 is 11.2 Å². The normalized spacial score (nSPS) is 10.7. The minimum Gasteiger partial charge on any atom is -0.497 e. The Bertz CT molecular complexity index is 1250. The minimum absolute atomic E-state index is 0.180. The Labute approximate surface area is 173 Å². The third-order valence-corrected chi connectivity index (χ3v) is 4.84. The maximum Gasteiger partial charge on any atom is 0.348 e. The molecule has 30 heavy (non-hydrogen) atoms. The molecule has 0 N–H and O–H groups in total. The van der Waals surface area contributed by atoms with Gasteiger partial charge in [0.2, 0.25) is 0 Å². The minimum atomic E-state index is -0.440. The van der Waals surface area contributed by atoms with Crippen molar-refractivity contribution in [2.24, 2.45) is 0 Å². The Balaban J connectivity index is 1.86. The molecule has 0 amide bonds. The molecule has 1 aromatic heterocycles. The number of ether oxygens (including phenoxy) is 1. The Morgan fingerprint density at radius 1 is 0.767 bits per heavy atom. The van der Waals surface area contributed by atoms with Crippen molar-refractivity contribution in [1.29, 1.82) is 0 Å². The van der Waals surface area contributed by atoms with E-state index in [1.165, 1.54) is 9.25 Å². The van der Waals surface area contributed by atoms with Crippen LogP contribution in [-0.4, -0.2) is 21.5 Å². The number of nitrogens with zero attached hydrogens (tertiary/aromatic N) is 3. The molecule has 0 radical (unpaired) electrons. The molecule has 150 valence electrons. The van der Waals surface area contributed by atoms with E-state index in [-0.39, 0.29) is 18.8 Å². The largest absolute Gasteiger partial charge is 0.497 e. The molecule has 6 heteroatoms. The summed E-state index contributed by atoms with van der Waals surface area (Å²) >= 11 is 0. The van der Waals surface area contributed by atoms with E-state index in [1.807, 2.05) is 60.7 Å². The van der Waals surface area contributed by atoms with Crippen molar-refractivity contribution in [3.05, 3.63) is 117 Å². The lowest BCUT2D eigenvalue weighted by Crippen LogP contribution is -2.42. The molecule has 3 aromatic carbocycles. The second kappa shape index (κ2) is 8.61. The smallest absolute Gasteiger partial charge is 0.348 e. The van der Waals surface area contributed by atoms with Crippen LogP contribution in [0.5, 0.6) is 5.75 Å². The summed E-state index contributed by atoms with van der Waals surface area (Å²) in [5.74, 6) is 0.681. The topological polar surface area (TPSA) is 66.1 Å². The van der Waals surface area contributed by atoms with Crippen molar-refractivity contribution < 1.29 is 4.74 Å². The van der Waals surface area contributed by atoms with E-state index in [9.17, 15) is 9.59 Å². The molecule has 0 atom stereocenters. The fourth-order valence-electron chi connectivity index (χ4n) is 3.26. The van der Waals surface area contributed by atoms with Gasteiger partial charge in [-0.25, -0.2) is 9.48 Å². The van der Waals surface area contributed by atoms with E-state index in [1.54, 1.807) is 31.4 Å². The number of benzene rings is 3. The first-order valence-corrected chi connectivity index (χ1v) is 9.60. The average Bonchev–Trinajstić information content (AvgIpc) is 2.80. The van der Waals surface area contributed by atoms with Crippen LogP contribution < -0.4 is 16.0 Å². The van der Waals surface area contributed by atoms with Gasteiger partial charge in [0.15, 0.2) is 5.69 Å². The molecular formula is C24H21N3O3. The zero-order chi connectivity index (χ0) is 20.9. The van der Waals surface area contributed by atoms with Gasteiger partial charge in [-0.15, -0.1) is 0 Å². The van der Waals surface area contributed by atoms with E-state index in [2.05, 4.69) is 5.10 Å². The standard InChI is InChI=1S/C24H21N3O3/c1-30-21-14-12-20(13-15-21)22-23(28)26(16-18-8-4-2-5-9-18)24(29)27(25-22)17-19-10-6-3-7-11-19/h2-15H,16-17H2,1H3. The highest BCUT2D eigenvalue weighted by atomic mass is 16.5. The maximum absolute atomic E-state index is 13.2. The highest BCUT2D eigenvalue weighted by Crippen LogP contribution is 2.18. The summed E-state index contributed by atoms with van der Waals surface area (Å²) in [6.45, 7) is 0.455. The van der Waals surface area contributed by atoms with Crippen molar-refractivity contribution in [3.63, 3.8) is 0 Å². The predicted molar refractivity (Wildman–Crippen MR) is 116 cm³/mol. The van der Waals surface area contributed by atoms with Crippen molar-refractivity contribution in [1.82, 2.24) is 14.3 Å². The van der Waals surface area contributed by atoms with Crippen LogP contribution in [0.4, 0.5) is 0 Å². The summed E-state index contributed by atoms with van der Waals surface area (Å²) in [6.07, 6.45) is 0. The number of hydrogen-bond acceptors (Lipinski definition) is 4. The highest BCUT2D eigenvalue weighted by Gasteiger charge is 2.16. The zero-order valence-corrected chi connectivity index (χ0v) is 16.6. The predicted octanol–water partition coefficient (Wildman–Crippen LogP) is 3.18. The summed E-state index contributed by atoms with van der Waals surface area (Å²) in [4.78, 5) is 26.3. The lowest BCUT2D eigenvalue weighted by molar-refractivity contribution is 0.415. The molecule has 6 nitrogen and oxygen atoms in total. The molecule has 0 aliphatic rings. The van der Waals surface area contributed by atoms with Crippen LogP contribution in [-0.2, 0) is 13.1 Å².